The smallest absolute Gasteiger partial charge is 0.227 e. The molecule has 0 atom stereocenters. The van der Waals surface area contributed by atoms with E-state index in [-0.39, 0.29) is 25.0 Å². The average Bonchev–Trinajstić information content (AvgIpc) is 2.28. The van der Waals surface area contributed by atoms with Crippen LogP contribution in [0.25, 0.3) is 0 Å². The summed E-state index contributed by atoms with van der Waals surface area (Å²) in [6, 6.07) is 7.40. The van der Waals surface area contributed by atoms with E-state index >= 15 is 0 Å². The third-order valence-electron chi connectivity index (χ3n) is 2.58. The fourth-order valence-corrected chi connectivity index (χ4v) is 1.89. The summed E-state index contributed by atoms with van der Waals surface area (Å²) in [5.41, 5.74) is 0.822. The van der Waals surface area contributed by atoms with Gasteiger partial charge in [0.1, 0.15) is 0 Å². The van der Waals surface area contributed by atoms with E-state index < -0.39 is 0 Å². The minimum Gasteiger partial charge on any atom is -0.395 e. The van der Waals surface area contributed by atoms with Crippen molar-refractivity contribution < 1.29 is 9.90 Å². The highest BCUT2D eigenvalue weighted by molar-refractivity contribution is 6.31. The van der Waals surface area contributed by atoms with Crippen molar-refractivity contribution in [2.24, 2.45) is 0 Å². The van der Waals surface area contributed by atoms with Gasteiger partial charge in [-0.2, -0.15) is 0 Å². The second kappa shape index (κ2) is 6.62. The number of amides is 1. The standard InChI is InChI=1S/C13H18ClNO2/c1-10(2)15(7-8-16)13(17)9-11-5-3-4-6-12(11)14/h3-6,10,16H,7-9H2,1-2H3. The number of hydrogen-bond donors (Lipinski definition) is 1. The summed E-state index contributed by atoms with van der Waals surface area (Å²) in [5.74, 6) is -0.0119. The highest BCUT2D eigenvalue weighted by atomic mass is 35.5. The summed E-state index contributed by atoms with van der Waals surface area (Å²) in [4.78, 5) is 13.7. The van der Waals surface area contributed by atoms with Gasteiger partial charge in [0.05, 0.1) is 13.0 Å². The molecule has 0 aromatic heterocycles. The quantitative estimate of drug-likeness (QED) is 0.876. The van der Waals surface area contributed by atoms with E-state index in [9.17, 15) is 4.79 Å². The number of hydrogen-bond acceptors (Lipinski definition) is 2. The van der Waals surface area contributed by atoms with E-state index in [1.807, 2.05) is 32.0 Å². The Hall–Kier alpha value is -1.06. The molecule has 0 fully saturated rings. The molecule has 0 aliphatic carbocycles. The van der Waals surface area contributed by atoms with Crippen molar-refractivity contribution in [1.82, 2.24) is 4.90 Å². The number of nitrogens with zero attached hydrogens (tertiary/aromatic N) is 1. The summed E-state index contributed by atoms with van der Waals surface area (Å²) in [6.45, 7) is 4.20. The van der Waals surface area contributed by atoms with Crippen LogP contribution in [0.15, 0.2) is 24.3 Å². The Balaban J connectivity index is 2.73. The lowest BCUT2D eigenvalue weighted by atomic mass is 10.1. The molecule has 0 aliphatic rings. The second-order valence-corrected chi connectivity index (χ2v) is 4.58. The van der Waals surface area contributed by atoms with Gasteiger partial charge >= 0.3 is 0 Å². The normalized spacial score (nSPS) is 10.6. The maximum Gasteiger partial charge on any atom is 0.227 e. The van der Waals surface area contributed by atoms with E-state index in [0.29, 0.717) is 11.6 Å². The van der Waals surface area contributed by atoms with Crippen LogP contribution in [-0.2, 0) is 11.2 Å². The Bertz CT molecular complexity index is 379. The SMILES string of the molecule is CC(C)N(CCO)C(=O)Cc1ccccc1Cl. The molecule has 17 heavy (non-hydrogen) atoms. The van der Waals surface area contributed by atoms with Crippen molar-refractivity contribution in [2.75, 3.05) is 13.2 Å². The molecule has 1 aromatic carbocycles. The van der Waals surface area contributed by atoms with Crippen molar-refractivity contribution in [2.45, 2.75) is 26.3 Å². The fourth-order valence-electron chi connectivity index (χ4n) is 1.68. The van der Waals surface area contributed by atoms with Gasteiger partial charge in [0.2, 0.25) is 5.91 Å². The first-order valence-electron chi connectivity index (χ1n) is 5.70. The summed E-state index contributed by atoms with van der Waals surface area (Å²) in [7, 11) is 0. The molecular weight excluding hydrogens is 238 g/mol. The third-order valence-corrected chi connectivity index (χ3v) is 2.95. The maximum atomic E-state index is 12.1. The van der Waals surface area contributed by atoms with E-state index in [1.165, 1.54) is 0 Å². The van der Waals surface area contributed by atoms with Gasteiger partial charge in [-0.3, -0.25) is 4.79 Å². The molecule has 0 unspecified atom stereocenters. The van der Waals surface area contributed by atoms with Gasteiger partial charge in [0.15, 0.2) is 0 Å². The van der Waals surface area contributed by atoms with Gasteiger partial charge in [-0.05, 0) is 25.5 Å². The van der Waals surface area contributed by atoms with Crippen LogP contribution in [0.2, 0.25) is 5.02 Å². The predicted molar refractivity (Wildman–Crippen MR) is 69.1 cm³/mol. The lowest BCUT2D eigenvalue weighted by molar-refractivity contribution is -0.132. The Labute approximate surface area is 107 Å². The number of rotatable bonds is 5. The Morgan fingerprint density at radius 3 is 2.59 bits per heavy atom. The van der Waals surface area contributed by atoms with Crippen LogP contribution in [0.5, 0.6) is 0 Å². The molecule has 1 rings (SSSR count). The van der Waals surface area contributed by atoms with Crippen LogP contribution in [-0.4, -0.2) is 35.1 Å². The lowest BCUT2D eigenvalue weighted by Crippen LogP contribution is -2.39. The highest BCUT2D eigenvalue weighted by Gasteiger charge is 2.17. The van der Waals surface area contributed by atoms with Gasteiger partial charge in [-0.25, -0.2) is 0 Å². The zero-order valence-electron chi connectivity index (χ0n) is 10.2. The molecule has 0 aliphatic heterocycles. The number of benzene rings is 1. The van der Waals surface area contributed by atoms with Crippen molar-refractivity contribution in [3.8, 4) is 0 Å². The molecular formula is C13H18ClNO2. The van der Waals surface area contributed by atoms with E-state index in [4.69, 9.17) is 16.7 Å². The average molecular weight is 256 g/mol. The highest BCUT2D eigenvalue weighted by Crippen LogP contribution is 2.16. The Morgan fingerprint density at radius 1 is 1.41 bits per heavy atom. The van der Waals surface area contributed by atoms with Gasteiger partial charge in [0.25, 0.3) is 0 Å². The van der Waals surface area contributed by atoms with Crippen molar-refractivity contribution in [3.63, 3.8) is 0 Å². The minimum absolute atomic E-state index is 0.0119. The molecule has 0 saturated heterocycles. The number of halogens is 1. The monoisotopic (exact) mass is 255 g/mol. The molecule has 0 saturated carbocycles. The third kappa shape index (κ3) is 4.02. The molecule has 1 amide bonds. The number of carbonyl (C=O) groups excluding carboxylic acids is 1. The first-order valence-corrected chi connectivity index (χ1v) is 6.07. The minimum atomic E-state index is -0.0214. The van der Waals surface area contributed by atoms with E-state index in [0.717, 1.165) is 5.56 Å². The predicted octanol–water partition coefficient (Wildman–Crippen LogP) is 2.11. The lowest BCUT2D eigenvalue weighted by Gasteiger charge is -2.26. The number of carbonyl (C=O) groups is 1. The van der Waals surface area contributed by atoms with Crippen molar-refractivity contribution >= 4 is 17.5 Å². The zero-order valence-corrected chi connectivity index (χ0v) is 10.9. The van der Waals surface area contributed by atoms with Crippen LogP contribution in [0.3, 0.4) is 0 Å². The van der Waals surface area contributed by atoms with Crippen LogP contribution >= 0.6 is 11.6 Å². The van der Waals surface area contributed by atoms with Gasteiger partial charge < -0.3 is 10.0 Å². The van der Waals surface area contributed by atoms with Gasteiger partial charge in [0, 0.05) is 17.6 Å². The van der Waals surface area contributed by atoms with Crippen LogP contribution in [0.4, 0.5) is 0 Å². The molecule has 0 bridgehead atoms. The summed E-state index contributed by atoms with van der Waals surface area (Å²) in [5, 5.41) is 9.54. The zero-order chi connectivity index (χ0) is 12.8. The van der Waals surface area contributed by atoms with Crippen molar-refractivity contribution in [3.05, 3.63) is 34.9 Å². The molecule has 4 heteroatoms. The van der Waals surface area contributed by atoms with E-state index in [1.54, 1.807) is 11.0 Å². The molecule has 0 radical (unpaired) electrons. The van der Waals surface area contributed by atoms with Crippen LogP contribution in [0, 0.1) is 0 Å². The molecule has 0 heterocycles. The fraction of sp³-hybridized carbons (Fsp3) is 0.462. The number of aliphatic hydroxyl groups excluding tert-OH is 1. The molecule has 0 spiro atoms. The number of aliphatic hydroxyl groups is 1. The molecule has 1 N–H and O–H groups in total. The topological polar surface area (TPSA) is 40.5 Å². The second-order valence-electron chi connectivity index (χ2n) is 4.17. The summed E-state index contributed by atoms with van der Waals surface area (Å²) in [6.07, 6.45) is 0.276. The van der Waals surface area contributed by atoms with Gasteiger partial charge in [-0.1, -0.05) is 29.8 Å². The van der Waals surface area contributed by atoms with Crippen LogP contribution in [0.1, 0.15) is 19.4 Å². The first-order chi connectivity index (χ1) is 8.06. The van der Waals surface area contributed by atoms with Crippen molar-refractivity contribution in [1.29, 1.82) is 0 Å². The maximum absolute atomic E-state index is 12.1. The molecule has 94 valence electrons. The molecule has 3 nitrogen and oxygen atoms in total. The van der Waals surface area contributed by atoms with E-state index in [2.05, 4.69) is 0 Å². The first kappa shape index (κ1) is 14.0. The summed E-state index contributed by atoms with van der Waals surface area (Å²) >= 11 is 6.01. The van der Waals surface area contributed by atoms with Crippen LogP contribution < -0.4 is 0 Å². The Kier molecular flexibility index (Phi) is 5.45. The van der Waals surface area contributed by atoms with Gasteiger partial charge in [-0.15, -0.1) is 0 Å². The largest absolute Gasteiger partial charge is 0.395 e. The molecule has 1 aromatic rings. The summed E-state index contributed by atoms with van der Waals surface area (Å²) < 4.78 is 0. The Morgan fingerprint density at radius 2 is 2.06 bits per heavy atom.